The summed E-state index contributed by atoms with van der Waals surface area (Å²) in [7, 11) is -3.02. The largest absolute Gasteiger partial charge is 0.305 e. The molecule has 0 radical (unpaired) electrons. The second-order valence-corrected chi connectivity index (χ2v) is 13.9. The molecule has 0 aliphatic carbocycles. The van der Waals surface area contributed by atoms with Crippen LogP contribution < -0.4 is 36.7 Å². The van der Waals surface area contributed by atoms with Gasteiger partial charge in [0.15, 0.2) is 0 Å². The number of aromatic nitrogens is 2. The first-order valence-electron chi connectivity index (χ1n) is 11.5. The van der Waals surface area contributed by atoms with Gasteiger partial charge in [-0.05, 0) is 0 Å². The van der Waals surface area contributed by atoms with Gasteiger partial charge < -0.3 is 9.13 Å². The lowest BCUT2D eigenvalue weighted by atomic mass is 10.4. The molecule has 6 heteroatoms. The molecule has 4 aromatic carbocycles. The van der Waals surface area contributed by atoms with Crippen LogP contribution in [0.15, 0.2) is 128 Å². The van der Waals surface area contributed by atoms with E-state index in [4.69, 9.17) is 0 Å². The predicted molar refractivity (Wildman–Crippen MR) is 145 cm³/mol. The Balaban J connectivity index is 1.92. The third kappa shape index (κ3) is 3.84. The molecule has 0 spiro atoms. The lowest BCUT2D eigenvalue weighted by Gasteiger charge is -2.22. The van der Waals surface area contributed by atoms with Gasteiger partial charge in [-0.3, -0.25) is 0 Å². The highest BCUT2D eigenvalue weighted by Crippen LogP contribution is 2.47. The van der Waals surface area contributed by atoms with E-state index in [1.807, 2.05) is 151 Å². The molecule has 35 heavy (non-hydrogen) atoms. The molecule has 0 fully saturated rings. The van der Waals surface area contributed by atoms with Crippen molar-refractivity contribution in [3.8, 4) is 0 Å². The standard InChI is InChI=1S/C29H27N2O2P2/c1-30-23-31(2)29(35(33,26-19-11-5-12-20-26)27-21-13-6-14-22-27)28(30)34(32,24-15-7-3-8-16-24)25-17-9-4-10-18-25/h3-23H,1-2H3/q+1. The van der Waals surface area contributed by atoms with Gasteiger partial charge in [0.25, 0.3) is 0 Å². The van der Waals surface area contributed by atoms with E-state index in [9.17, 15) is 0 Å². The van der Waals surface area contributed by atoms with Gasteiger partial charge in [0, 0.05) is 21.2 Å². The van der Waals surface area contributed by atoms with Crippen molar-refractivity contribution in [1.29, 1.82) is 0 Å². The van der Waals surface area contributed by atoms with Crippen molar-refractivity contribution in [2.75, 3.05) is 0 Å². The number of rotatable bonds is 6. The summed E-state index contributed by atoms with van der Waals surface area (Å²) in [6, 6.07) is 38.1. The van der Waals surface area contributed by atoms with Crippen LogP contribution in [0, 0.1) is 0 Å². The fourth-order valence-corrected chi connectivity index (χ4v) is 11.4. The van der Waals surface area contributed by atoms with E-state index in [0.29, 0.717) is 32.1 Å². The number of hydrogen-bond acceptors (Lipinski definition) is 2. The normalized spacial score (nSPS) is 11.9. The summed E-state index contributed by atoms with van der Waals surface area (Å²) in [6.45, 7) is 0. The fraction of sp³-hybridized carbons (Fsp3) is 0.0690. The van der Waals surface area contributed by atoms with Crippen LogP contribution in [0.1, 0.15) is 0 Å². The Morgan fingerprint density at radius 3 is 1.20 bits per heavy atom. The van der Waals surface area contributed by atoms with Crippen LogP contribution in [0.5, 0.6) is 0 Å². The Labute approximate surface area is 206 Å². The predicted octanol–water partition coefficient (Wildman–Crippen LogP) is 3.13. The molecule has 0 aliphatic rings. The molecular weight excluding hydrogens is 470 g/mol. The third-order valence-electron chi connectivity index (χ3n) is 6.29. The van der Waals surface area contributed by atoms with Crippen molar-refractivity contribution in [3.63, 3.8) is 0 Å². The first-order chi connectivity index (χ1) is 17.0. The molecule has 174 valence electrons. The average Bonchev–Trinajstić information content (AvgIpc) is 3.24. The third-order valence-corrected chi connectivity index (χ3v) is 12.8. The monoisotopic (exact) mass is 497 g/mol. The van der Waals surface area contributed by atoms with Gasteiger partial charge in [0.05, 0.1) is 14.1 Å². The van der Waals surface area contributed by atoms with Gasteiger partial charge in [0.2, 0.25) is 31.5 Å². The van der Waals surface area contributed by atoms with Crippen LogP contribution >= 0.6 is 14.3 Å². The van der Waals surface area contributed by atoms with Crippen molar-refractivity contribution in [2.24, 2.45) is 14.1 Å². The Morgan fingerprint density at radius 2 is 0.857 bits per heavy atom. The number of benzene rings is 4. The minimum atomic E-state index is -3.40. The molecule has 5 rings (SSSR count). The lowest BCUT2D eigenvalue weighted by Crippen LogP contribution is -2.52. The van der Waals surface area contributed by atoms with Gasteiger partial charge in [-0.15, -0.1) is 0 Å². The van der Waals surface area contributed by atoms with E-state index in [2.05, 4.69) is 0 Å². The maximum atomic E-state index is 15.4. The van der Waals surface area contributed by atoms with Gasteiger partial charge in [-0.2, -0.15) is 0 Å². The van der Waals surface area contributed by atoms with Gasteiger partial charge in [0.1, 0.15) is 0 Å². The van der Waals surface area contributed by atoms with Crippen molar-refractivity contribution in [3.05, 3.63) is 128 Å². The summed E-state index contributed by atoms with van der Waals surface area (Å²) >= 11 is 0. The average molecular weight is 497 g/mol. The lowest BCUT2D eigenvalue weighted by molar-refractivity contribution is -0.653. The fourth-order valence-electron chi connectivity index (χ4n) is 4.75. The second-order valence-electron chi connectivity index (χ2n) is 8.55. The molecule has 0 aliphatic heterocycles. The van der Waals surface area contributed by atoms with Crippen LogP contribution in [0.3, 0.4) is 0 Å². The second kappa shape index (κ2) is 9.30. The van der Waals surface area contributed by atoms with E-state index in [-0.39, 0.29) is 0 Å². The summed E-state index contributed by atoms with van der Waals surface area (Å²) in [4.78, 5) is 0. The smallest absolute Gasteiger partial charge is 0.244 e. The number of nitrogens with zero attached hydrogens (tertiary/aromatic N) is 2. The highest BCUT2D eigenvalue weighted by molar-refractivity contribution is 7.90. The Morgan fingerprint density at radius 1 is 0.543 bits per heavy atom. The van der Waals surface area contributed by atoms with Crippen LogP contribution in [-0.2, 0) is 23.2 Å². The summed E-state index contributed by atoms with van der Waals surface area (Å²) < 4.78 is 34.6. The van der Waals surface area contributed by atoms with E-state index >= 15 is 9.13 Å². The zero-order chi connectivity index (χ0) is 24.5. The van der Waals surface area contributed by atoms with Crippen LogP contribution in [0.4, 0.5) is 0 Å². The van der Waals surface area contributed by atoms with E-state index in [1.165, 1.54) is 0 Å². The van der Waals surface area contributed by atoms with Crippen molar-refractivity contribution in [2.45, 2.75) is 0 Å². The first-order valence-corrected chi connectivity index (χ1v) is 14.9. The molecule has 0 atom stereocenters. The topological polar surface area (TPSA) is 43.0 Å². The van der Waals surface area contributed by atoms with Crippen LogP contribution in [-0.4, -0.2) is 4.57 Å². The van der Waals surface area contributed by atoms with Crippen molar-refractivity contribution in [1.82, 2.24) is 4.57 Å². The first kappa shape index (κ1) is 23.3. The summed E-state index contributed by atoms with van der Waals surface area (Å²) in [5.41, 5.74) is 1.15. The zero-order valence-electron chi connectivity index (χ0n) is 19.7. The van der Waals surface area contributed by atoms with Gasteiger partial charge in [-0.25, -0.2) is 9.13 Å². The summed E-state index contributed by atoms with van der Waals surface area (Å²) in [5, 5.41) is 2.84. The van der Waals surface area contributed by atoms with E-state index in [1.54, 1.807) is 0 Å². The minimum Gasteiger partial charge on any atom is -0.305 e. The minimum absolute atomic E-state index is 0.577. The zero-order valence-corrected chi connectivity index (χ0v) is 21.5. The highest BCUT2D eigenvalue weighted by atomic mass is 31.2. The number of hydrogen-bond donors (Lipinski definition) is 0. The summed E-state index contributed by atoms with van der Waals surface area (Å²) in [6.07, 6.45) is 1.88. The van der Waals surface area contributed by atoms with Crippen LogP contribution in [0.25, 0.3) is 0 Å². The Bertz CT molecular complexity index is 1340. The molecule has 0 amide bonds. The Hall–Kier alpha value is -3.45. The van der Waals surface area contributed by atoms with Gasteiger partial charge in [-0.1, -0.05) is 121 Å². The molecule has 0 saturated heterocycles. The van der Waals surface area contributed by atoms with E-state index < -0.39 is 14.3 Å². The number of imidazole rings is 1. The molecule has 0 unspecified atom stereocenters. The molecule has 4 nitrogen and oxygen atoms in total. The molecule has 1 heterocycles. The van der Waals surface area contributed by atoms with Gasteiger partial charge >= 0.3 is 0 Å². The van der Waals surface area contributed by atoms with Crippen LogP contribution in [0.2, 0.25) is 0 Å². The Kier molecular flexibility index (Phi) is 6.19. The molecule has 0 N–H and O–H groups in total. The molecule has 5 aromatic rings. The molecule has 0 bridgehead atoms. The highest BCUT2D eigenvalue weighted by Gasteiger charge is 2.48. The molecular formula is C29H27N2O2P2+. The maximum Gasteiger partial charge on any atom is 0.244 e. The van der Waals surface area contributed by atoms with Crippen molar-refractivity contribution < 1.29 is 13.7 Å². The molecule has 0 saturated carbocycles. The van der Waals surface area contributed by atoms with Crippen molar-refractivity contribution >= 4 is 46.4 Å². The summed E-state index contributed by atoms with van der Waals surface area (Å²) in [5.74, 6) is 0. The number of aryl methyl sites for hydroxylation is 2. The maximum absolute atomic E-state index is 15.4. The SMILES string of the molecule is Cn1c[n+](C)c(P(=O)(c2ccccc2)c2ccccc2)c1P(=O)(c1ccccc1)c1ccccc1. The quantitative estimate of drug-likeness (QED) is 0.267. The molecule has 1 aromatic heterocycles. The van der Waals surface area contributed by atoms with E-state index in [0.717, 1.165) is 0 Å².